The van der Waals surface area contributed by atoms with Gasteiger partial charge in [0.05, 0.1) is 11.6 Å². The van der Waals surface area contributed by atoms with Crippen LogP contribution in [0.1, 0.15) is 30.4 Å². The van der Waals surface area contributed by atoms with Crippen molar-refractivity contribution in [3.05, 3.63) is 35.1 Å². The summed E-state index contributed by atoms with van der Waals surface area (Å²) in [6.45, 7) is 0. The first kappa shape index (κ1) is 10.7. The first-order valence-electron chi connectivity index (χ1n) is 5.00. The monoisotopic (exact) mass is 221 g/mol. The summed E-state index contributed by atoms with van der Waals surface area (Å²) in [4.78, 5) is 11.4. The van der Waals surface area contributed by atoms with Crippen molar-refractivity contribution in [2.45, 2.75) is 24.9 Å². The number of hydrogen-bond acceptors (Lipinski definition) is 2. The zero-order chi connectivity index (χ0) is 11.8. The summed E-state index contributed by atoms with van der Waals surface area (Å²) in [6, 6.07) is 5.24. The number of hydrogen-bond donors (Lipinski definition) is 0. The Hall–Kier alpha value is -1.76. The van der Waals surface area contributed by atoms with Gasteiger partial charge in [-0.3, -0.25) is 4.79 Å². The molecule has 0 spiro atoms. The van der Waals surface area contributed by atoms with Crippen molar-refractivity contribution in [3.63, 3.8) is 0 Å². The molecule has 0 radical (unpaired) electrons. The zero-order valence-electron chi connectivity index (χ0n) is 8.46. The first-order valence-corrected chi connectivity index (χ1v) is 5.00. The third kappa shape index (κ3) is 1.49. The zero-order valence-corrected chi connectivity index (χ0v) is 8.46. The SMILES string of the molecule is N#Cc1ccc(C2(F)CCCC2=O)c(F)c1. The highest BCUT2D eigenvalue weighted by Crippen LogP contribution is 2.40. The van der Waals surface area contributed by atoms with Crippen molar-refractivity contribution in [3.8, 4) is 6.07 Å². The van der Waals surface area contributed by atoms with Crippen molar-refractivity contribution < 1.29 is 13.6 Å². The number of rotatable bonds is 1. The highest BCUT2D eigenvalue weighted by atomic mass is 19.1. The van der Waals surface area contributed by atoms with E-state index in [-0.39, 0.29) is 24.0 Å². The fraction of sp³-hybridized carbons (Fsp3) is 0.333. The summed E-state index contributed by atoms with van der Waals surface area (Å²) in [5.74, 6) is -1.40. The van der Waals surface area contributed by atoms with Crippen LogP contribution in [0.4, 0.5) is 8.78 Å². The largest absolute Gasteiger partial charge is 0.296 e. The summed E-state index contributed by atoms with van der Waals surface area (Å²) in [5, 5.41) is 8.56. The summed E-state index contributed by atoms with van der Waals surface area (Å²) < 4.78 is 27.8. The van der Waals surface area contributed by atoms with Gasteiger partial charge in [0.15, 0.2) is 11.5 Å². The number of halogens is 2. The predicted molar refractivity (Wildman–Crippen MR) is 52.8 cm³/mol. The quantitative estimate of drug-likeness (QED) is 0.731. The number of nitriles is 1. The number of Topliss-reactive ketones (excluding diaryl/α,β-unsaturated/α-hetero) is 1. The lowest BCUT2D eigenvalue weighted by atomic mass is 9.92. The Morgan fingerprint density at radius 1 is 1.44 bits per heavy atom. The summed E-state index contributed by atoms with van der Waals surface area (Å²) in [7, 11) is 0. The average Bonchev–Trinajstić information content (AvgIpc) is 2.60. The molecule has 82 valence electrons. The predicted octanol–water partition coefficient (Wildman–Crippen LogP) is 2.62. The van der Waals surface area contributed by atoms with E-state index in [1.807, 2.05) is 0 Å². The fourth-order valence-corrected chi connectivity index (χ4v) is 2.02. The highest BCUT2D eigenvalue weighted by Gasteiger charge is 2.45. The Morgan fingerprint density at radius 2 is 2.19 bits per heavy atom. The molecule has 1 aromatic rings. The van der Waals surface area contributed by atoms with E-state index in [2.05, 4.69) is 0 Å². The summed E-state index contributed by atoms with van der Waals surface area (Å²) in [5.41, 5.74) is -2.32. The second-order valence-electron chi connectivity index (χ2n) is 3.88. The second kappa shape index (κ2) is 3.67. The number of carbonyl (C=O) groups excluding carboxylic acids is 1. The Morgan fingerprint density at radius 3 is 2.69 bits per heavy atom. The van der Waals surface area contributed by atoms with Crippen LogP contribution in [-0.2, 0) is 10.5 Å². The van der Waals surface area contributed by atoms with Gasteiger partial charge < -0.3 is 0 Å². The minimum absolute atomic E-state index is 0.0225. The minimum Gasteiger partial charge on any atom is -0.296 e. The first-order chi connectivity index (χ1) is 7.58. The molecule has 1 unspecified atom stereocenters. The van der Waals surface area contributed by atoms with E-state index < -0.39 is 17.3 Å². The van der Waals surface area contributed by atoms with E-state index in [0.29, 0.717) is 6.42 Å². The van der Waals surface area contributed by atoms with Crippen molar-refractivity contribution in [1.29, 1.82) is 5.26 Å². The van der Waals surface area contributed by atoms with E-state index >= 15 is 0 Å². The topological polar surface area (TPSA) is 40.9 Å². The standard InChI is InChI=1S/C12H9F2NO/c13-10-6-8(7-15)3-4-9(10)12(14)5-1-2-11(12)16/h3-4,6H,1-2,5H2. The van der Waals surface area contributed by atoms with E-state index in [9.17, 15) is 13.6 Å². The van der Waals surface area contributed by atoms with Gasteiger partial charge in [0, 0.05) is 12.0 Å². The molecule has 0 aromatic heterocycles. The third-order valence-corrected chi connectivity index (χ3v) is 2.89. The van der Waals surface area contributed by atoms with Crippen molar-refractivity contribution in [1.82, 2.24) is 0 Å². The normalized spacial score (nSPS) is 24.4. The van der Waals surface area contributed by atoms with Crippen LogP contribution in [0.5, 0.6) is 0 Å². The molecule has 1 saturated carbocycles. The molecular weight excluding hydrogens is 212 g/mol. The Bertz CT molecular complexity index is 492. The molecule has 0 amide bonds. The highest BCUT2D eigenvalue weighted by molar-refractivity contribution is 5.90. The van der Waals surface area contributed by atoms with Crippen molar-refractivity contribution >= 4 is 5.78 Å². The van der Waals surface area contributed by atoms with Crippen LogP contribution in [0.3, 0.4) is 0 Å². The van der Waals surface area contributed by atoms with Gasteiger partial charge in [0.25, 0.3) is 0 Å². The van der Waals surface area contributed by atoms with Gasteiger partial charge in [0.1, 0.15) is 5.82 Å². The van der Waals surface area contributed by atoms with Crippen molar-refractivity contribution in [2.75, 3.05) is 0 Å². The van der Waals surface area contributed by atoms with Gasteiger partial charge >= 0.3 is 0 Å². The molecule has 0 heterocycles. The Kier molecular flexibility index (Phi) is 2.47. The van der Waals surface area contributed by atoms with Gasteiger partial charge in [-0.15, -0.1) is 0 Å². The number of nitrogens with zero attached hydrogens (tertiary/aromatic N) is 1. The molecule has 0 bridgehead atoms. The van der Waals surface area contributed by atoms with E-state index in [4.69, 9.17) is 5.26 Å². The smallest absolute Gasteiger partial charge is 0.196 e. The van der Waals surface area contributed by atoms with Gasteiger partial charge in [-0.25, -0.2) is 8.78 Å². The summed E-state index contributed by atoms with van der Waals surface area (Å²) >= 11 is 0. The lowest BCUT2D eigenvalue weighted by molar-refractivity contribution is -0.128. The molecule has 1 aromatic carbocycles. The maximum absolute atomic E-state index is 14.3. The number of carbonyl (C=O) groups is 1. The molecule has 4 heteroatoms. The molecule has 0 saturated heterocycles. The van der Waals surface area contributed by atoms with E-state index in [1.165, 1.54) is 12.1 Å². The van der Waals surface area contributed by atoms with Crippen LogP contribution in [-0.4, -0.2) is 5.78 Å². The van der Waals surface area contributed by atoms with Crippen molar-refractivity contribution in [2.24, 2.45) is 0 Å². The molecule has 1 fully saturated rings. The molecule has 1 atom stereocenters. The van der Waals surface area contributed by atoms with Gasteiger partial charge in [-0.2, -0.15) is 5.26 Å². The van der Waals surface area contributed by atoms with Crippen LogP contribution in [0, 0.1) is 17.1 Å². The molecule has 16 heavy (non-hydrogen) atoms. The van der Waals surface area contributed by atoms with Gasteiger partial charge in [-0.1, -0.05) is 6.07 Å². The molecule has 1 aliphatic carbocycles. The Labute approximate surface area is 91.5 Å². The number of alkyl halides is 1. The van der Waals surface area contributed by atoms with E-state index in [1.54, 1.807) is 6.07 Å². The number of ketones is 1. The Balaban J connectivity index is 2.49. The molecular formula is C12H9F2NO. The molecule has 2 nitrogen and oxygen atoms in total. The molecule has 0 aliphatic heterocycles. The van der Waals surface area contributed by atoms with Crippen LogP contribution < -0.4 is 0 Å². The molecule has 2 rings (SSSR count). The maximum Gasteiger partial charge on any atom is 0.196 e. The lowest BCUT2D eigenvalue weighted by Gasteiger charge is -2.18. The fourth-order valence-electron chi connectivity index (χ4n) is 2.02. The van der Waals surface area contributed by atoms with Gasteiger partial charge in [-0.05, 0) is 25.0 Å². The minimum atomic E-state index is -2.20. The second-order valence-corrected chi connectivity index (χ2v) is 3.88. The van der Waals surface area contributed by atoms with Crippen LogP contribution >= 0.6 is 0 Å². The van der Waals surface area contributed by atoms with Crippen LogP contribution in [0.25, 0.3) is 0 Å². The van der Waals surface area contributed by atoms with Crippen LogP contribution in [0.2, 0.25) is 0 Å². The average molecular weight is 221 g/mol. The maximum atomic E-state index is 14.3. The van der Waals surface area contributed by atoms with Crippen LogP contribution in [0.15, 0.2) is 18.2 Å². The lowest BCUT2D eigenvalue weighted by Crippen LogP contribution is -2.26. The summed E-state index contributed by atoms with van der Waals surface area (Å²) in [6.07, 6.45) is 0.610. The number of benzene rings is 1. The molecule has 0 N–H and O–H groups in total. The van der Waals surface area contributed by atoms with Gasteiger partial charge in [0.2, 0.25) is 0 Å². The van der Waals surface area contributed by atoms with E-state index in [0.717, 1.165) is 6.07 Å². The molecule has 1 aliphatic rings. The third-order valence-electron chi connectivity index (χ3n) is 2.89.